The highest BCUT2D eigenvalue weighted by atomic mass is 31.2. The number of fused-ring (bicyclic) bond motifs is 1. The Kier molecular flexibility index (Phi) is 5.79. The number of H-pyrrole nitrogens is 1. The summed E-state index contributed by atoms with van der Waals surface area (Å²) in [6.45, 7) is -0.584. The van der Waals surface area contributed by atoms with E-state index in [-0.39, 0.29) is 0 Å². The summed E-state index contributed by atoms with van der Waals surface area (Å²) < 4.78 is 19.1. The number of nitrogens with zero attached hydrogens (tertiary/aromatic N) is 3. The first-order valence-electron chi connectivity index (χ1n) is 6.49. The van der Waals surface area contributed by atoms with Crippen LogP contribution >= 0.6 is 7.82 Å². The lowest BCUT2D eigenvalue weighted by Gasteiger charge is -2.15. The molecule has 1 aliphatic rings. The van der Waals surface area contributed by atoms with Crippen molar-refractivity contribution in [2.24, 2.45) is 0 Å². The van der Waals surface area contributed by atoms with Gasteiger partial charge in [-0.15, -0.1) is 0 Å². The summed E-state index contributed by atoms with van der Waals surface area (Å²) in [6, 6.07) is 0. The Balaban J connectivity index is 0.000000182. The molecule has 13 nitrogen and oxygen atoms in total. The van der Waals surface area contributed by atoms with E-state index in [4.69, 9.17) is 30.8 Å². The van der Waals surface area contributed by atoms with Crippen molar-refractivity contribution in [3.63, 3.8) is 0 Å². The van der Waals surface area contributed by atoms with Crippen LogP contribution in [0.25, 0.3) is 11.2 Å². The van der Waals surface area contributed by atoms with Crippen molar-refractivity contribution in [2.75, 3.05) is 12.3 Å². The number of hydrogen-bond acceptors (Lipinski definition) is 10. The number of aliphatic hydroxyl groups is 3. The number of rotatable bonds is 3. The number of aromatic nitrogens is 4. The second-order valence-electron chi connectivity index (χ2n) is 4.66. The van der Waals surface area contributed by atoms with Gasteiger partial charge >= 0.3 is 7.82 Å². The molecule has 0 bridgehead atoms. The van der Waals surface area contributed by atoms with Crippen LogP contribution in [0.5, 0.6) is 0 Å². The Morgan fingerprint density at radius 3 is 2.54 bits per heavy atom. The molecule has 3 rings (SSSR count). The molecule has 14 heteroatoms. The first-order valence-corrected chi connectivity index (χ1v) is 8.02. The third-order valence-corrected chi connectivity index (χ3v) is 3.47. The lowest BCUT2D eigenvalue weighted by Crippen LogP contribution is -2.34. The molecular formula is C10H16N5O8P. The Labute approximate surface area is 134 Å². The molecule has 0 spiro atoms. The first kappa shape index (κ1) is 18.6. The van der Waals surface area contributed by atoms with Crippen LogP contribution in [0.4, 0.5) is 5.82 Å². The van der Waals surface area contributed by atoms with Gasteiger partial charge in [-0.1, -0.05) is 0 Å². The van der Waals surface area contributed by atoms with Crippen LogP contribution in [0.3, 0.4) is 0 Å². The third kappa shape index (κ3) is 4.43. The van der Waals surface area contributed by atoms with Gasteiger partial charge in [-0.05, 0) is 0 Å². The second-order valence-corrected chi connectivity index (χ2v) is 5.85. The molecule has 3 heterocycles. The molecule has 1 saturated heterocycles. The number of nitrogen functional groups attached to an aromatic ring is 1. The molecule has 24 heavy (non-hydrogen) atoms. The Bertz CT molecular complexity index is 722. The molecule has 2 aromatic rings. The number of phosphoric ester groups is 1. The third-order valence-electron chi connectivity index (χ3n) is 2.99. The summed E-state index contributed by atoms with van der Waals surface area (Å²) in [7, 11) is -4.79. The minimum Gasteiger partial charge on any atom is -0.394 e. The van der Waals surface area contributed by atoms with Gasteiger partial charge in [0.05, 0.1) is 12.9 Å². The maximum absolute atomic E-state index is 10.4. The highest BCUT2D eigenvalue weighted by Gasteiger charge is 2.45. The summed E-state index contributed by atoms with van der Waals surface area (Å²) in [5.74, 6) is 0.433. The van der Waals surface area contributed by atoms with Crippen molar-refractivity contribution in [1.82, 2.24) is 19.9 Å². The lowest BCUT2D eigenvalue weighted by molar-refractivity contribution is -0.126. The van der Waals surface area contributed by atoms with Crippen LogP contribution in [0.15, 0.2) is 12.7 Å². The van der Waals surface area contributed by atoms with Gasteiger partial charge in [0, 0.05) is 0 Å². The van der Waals surface area contributed by atoms with E-state index in [0.717, 1.165) is 0 Å². The molecule has 0 aliphatic carbocycles. The van der Waals surface area contributed by atoms with Crippen molar-refractivity contribution < 1.29 is 38.9 Å². The van der Waals surface area contributed by atoms with Crippen molar-refractivity contribution in [3.05, 3.63) is 12.7 Å². The standard InChI is InChI=1S/C5H5N5.C5H11O8P/c6-4-3-5(9-1-7-3)10-2-8-4;6-1-2-3(7)4(8)5(12-2)13-14(9,10)11/h1-2H,(H3,6,7,8,9,10);2-8H,1H2,(H2,9,10,11)/t;2-,3-,4+,5?/m.1/s1. The van der Waals surface area contributed by atoms with Crippen molar-refractivity contribution in [1.29, 1.82) is 0 Å². The van der Waals surface area contributed by atoms with E-state index in [1.807, 2.05) is 0 Å². The van der Waals surface area contributed by atoms with Gasteiger partial charge in [0.15, 0.2) is 17.8 Å². The number of imidazole rings is 1. The van der Waals surface area contributed by atoms with E-state index in [2.05, 4.69) is 29.2 Å². The van der Waals surface area contributed by atoms with Crippen LogP contribution in [-0.2, 0) is 13.8 Å². The van der Waals surface area contributed by atoms with Crippen molar-refractivity contribution in [3.8, 4) is 0 Å². The molecule has 0 radical (unpaired) electrons. The van der Waals surface area contributed by atoms with Gasteiger partial charge < -0.3 is 40.6 Å². The number of phosphoric acid groups is 1. The average molecular weight is 365 g/mol. The van der Waals surface area contributed by atoms with Crippen LogP contribution in [0.1, 0.15) is 0 Å². The van der Waals surface area contributed by atoms with E-state index in [1.165, 1.54) is 12.7 Å². The van der Waals surface area contributed by atoms with Gasteiger partial charge in [-0.25, -0.2) is 19.5 Å². The maximum atomic E-state index is 10.4. The van der Waals surface area contributed by atoms with Crippen LogP contribution in [-0.4, -0.2) is 76.3 Å². The molecule has 4 atom stereocenters. The van der Waals surface area contributed by atoms with Gasteiger partial charge in [0.1, 0.15) is 30.2 Å². The summed E-state index contributed by atoms with van der Waals surface area (Å²) in [6.07, 6.45) is -2.85. The molecule has 0 aromatic carbocycles. The van der Waals surface area contributed by atoms with Gasteiger partial charge in [0.25, 0.3) is 0 Å². The average Bonchev–Trinajstić information content (AvgIpc) is 3.08. The molecule has 8 N–H and O–H groups in total. The molecule has 134 valence electrons. The second kappa shape index (κ2) is 7.46. The fourth-order valence-electron chi connectivity index (χ4n) is 1.87. The molecule has 0 saturated carbocycles. The smallest absolute Gasteiger partial charge is 0.394 e. The SMILES string of the molecule is Nc1ncnc2nc[nH]c12.O=P(O)(O)OC1O[C@H](CO)[C@@H](O)[C@@H]1O. The molecule has 1 unspecified atom stereocenters. The van der Waals surface area contributed by atoms with Crippen molar-refractivity contribution in [2.45, 2.75) is 24.6 Å². The lowest BCUT2D eigenvalue weighted by atomic mass is 10.1. The maximum Gasteiger partial charge on any atom is 0.472 e. The summed E-state index contributed by atoms with van der Waals surface area (Å²) in [5, 5.41) is 26.9. The predicted octanol–water partition coefficient (Wildman–Crippen LogP) is -2.53. The van der Waals surface area contributed by atoms with Gasteiger partial charge in [0.2, 0.25) is 0 Å². The highest BCUT2D eigenvalue weighted by Crippen LogP contribution is 2.40. The normalized spacial score (nSPS) is 27.0. The molecule has 0 amide bonds. The van der Waals surface area contributed by atoms with E-state index in [9.17, 15) is 4.57 Å². The summed E-state index contributed by atoms with van der Waals surface area (Å²) >= 11 is 0. The number of nitrogens with two attached hydrogens (primary N) is 1. The number of ether oxygens (including phenoxy) is 1. The van der Waals surface area contributed by atoms with Crippen molar-refractivity contribution >= 4 is 24.8 Å². The van der Waals surface area contributed by atoms with E-state index in [1.54, 1.807) is 0 Å². The molecule has 2 aromatic heterocycles. The number of nitrogens with one attached hydrogen (secondary N) is 1. The first-order chi connectivity index (χ1) is 11.2. The topological polar surface area (TPSA) is 217 Å². The quantitative estimate of drug-likeness (QED) is 0.280. The zero-order chi connectivity index (χ0) is 17.9. The fraction of sp³-hybridized carbons (Fsp3) is 0.500. The molecule has 1 aliphatic heterocycles. The summed E-state index contributed by atoms with van der Waals surface area (Å²) in [5.41, 5.74) is 6.78. The van der Waals surface area contributed by atoms with Crippen LogP contribution < -0.4 is 5.73 Å². The van der Waals surface area contributed by atoms with Crippen LogP contribution in [0, 0.1) is 0 Å². The van der Waals surface area contributed by atoms with E-state index >= 15 is 0 Å². The van der Waals surface area contributed by atoms with Gasteiger partial charge in [-0.2, -0.15) is 0 Å². The monoisotopic (exact) mass is 365 g/mol. The predicted molar refractivity (Wildman–Crippen MR) is 77.0 cm³/mol. The zero-order valence-corrected chi connectivity index (χ0v) is 12.9. The molecular weight excluding hydrogens is 349 g/mol. The minimum absolute atomic E-state index is 0.433. The fourth-order valence-corrected chi connectivity index (χ4v) is 2.32. The number of hydrogen-bond donors (Lipinski definition) is 7. The Morgan fingerprint density at radius 1 is 1.29 bits per heavy atom. The van der Waals surface area contributed by atoms with Crippen LogP contribution in [0.2, 0.25) is 0 Å². The van der Waals surface area contributed by atoms with E-state index < -0.39 is 39.0 Å². The van der Waals surface area contributed by atoms with E-state index in [0.29, 0.717) is 17.0 Å². The number of aromatic amines is 1. The largest absolute Gasteiger partial charge is 0.472 e. The number of anilines is 1. The minimum atomic E-state index is -4.79. The highest BCUT2D eigenvalue weighted by molar-refractivity contribution is 7.46. The Morgan fingerprint density at radius 2 is 2.00 bits per heavy atom. The summed E-state index contributed by atoms with van der Waals surface area (Å²) in [4.78, 5) is 31.2. The zero-order valence-electron chi connectivity index (χ0n) is 12.0. The number of aliphatic hydroxyl groups excluding tert-OH is 3. The van der Waals surface area contributed by atoms with Gasteiger partial charge in [-0.3, -0.25) is 4.52 Å². The molecule has 1 fully saturated rings. The Hall–Kier alpha value is -1.70.